The lowest BCUT2D eigenvalue weighted by atomic mass is 10.1. The van der Waals surface area contributed by atoms with Crippen molar-refractivity contribution in [3.8, 4) is 0 Å². The topological polar surface area (TPSA) is 86.1 Å². The molecule has 144 valence electrons. The maximum absolute atomic E-state index is 12.4. The summed E-state index contributed by atoms with van der Waals surface area (Å²) in [5.41, 5.74) is 0.962. The minimum atomic E-state index is -0.707. The first-order valence-electron chi connectivity index (χ1n) is 9.13. The van der Waals surface area contributed by atoms with Gasteiger partial charge in [0.1, 0.15) is 11.9 Å². The lowest BCUT2D eigenvalue weighted by molar-refractivity contribution is -0.144. The second-order valence-electron chi connectivity index (χ2n) is 6.48. The predicted octanol–water partition coefficient (Wildman–Crippen LogP) is 2.00. The van der Waals surface area contributed by atoms with E-state index >= 15 is 0 Å². The van der Waals surface area contributed by atoms with Gasteiger partial charge in [-0.2, -0.15) is 0 Å². The van der Waals surface area contributed by atoms with Crippen LogP contribution in [0.2, 0.25) is 0 Å². The zero-order valence-electron chi connectivity index (χ0n) is 15.4. The largest absolute Gasteiger partial charge is 0.467 e. The Hall–Kier alpha value is -2.35. The lowest BCUT2D eigenvalue weighted by Crippen LogP contribution is -2.43. The van der Waals surface area contributed by atoms with Gasteiger partial charge in [0.2, 0.25) is 5.91 Å². The van der Waals surface area contributed by atoms with E-state index in [1.807, 2.05) is 30.3 Å². The molecule has 1 aliphatic rings. The van der Waals surface area contributed by atoms with Crippen molar-refractivity contribution in [2.45, 2.75) is 49.8 Å². The fourth-order valence-electron chi connectivity index (χ4n) is 3.12. The molecule has 1 aliphatic heterocycles. The smallest absolute Gasteiger partial charge is 0.328 e. The quantitative estimate of drug-likeness (QED) is 0.577. The molecule has 2 heterocycles. The standard InChI is InChI=1S/C19H24N4O3S/c1-26-18(25)15(12-14-8-4-2-5-9-14)20-17(24)13-27-19-22-21-16-10-6-3-7-11-23(16)19/h2,4-5,8-9,15H,3,6-7,10-13H2,1H3,(H,20,24)/t15-/m0/s1. The molecule has 1 amide bonds. The van der Waals surface area contributed by atoms with E-state index in [2.05, 4.69) is 20.1 Å². The molecule has 0 bridgehead atoms. The van der Waals surface area contributed by atoms with Gasteiger partial charge in [-0.3, -0.25) is 4.79 Å². The monoisotopic (exact) mass is 388 g/mol. The van der Waals surface area contributed by atoms with E-state index in [1.165, 1.54) is 25.3 Å². The molecule has 0 aliphatic carbocycles. The van der Waals surface area contributed by atoms with Gasteiger partial charge in [-0.15, -0.1) is 10.2 Å². The lowest BCUT2D eigenvalue weighted by Gasteiger charge is -2.16. The number of nitrogens with zero attached hydrogens (tertiary/aromatic N) is 3. The highest BCUT2D eigenvalue weighted by Gasteiger charge is 2.23. The predicted molar refractivity (Wildman–Crippen MR) is 102 cm³/mol. The molecular formula is C19H24N4O3S. The Balaban J connectivity index is 1.58. The number of aryl methyl sites for hydroxylation is 1. The van der Waals surface area contributed by atoms with Crippen LogP contribution in [0, 0.1) is 0 Å². The third kappa shape index (κ3) is 5.32. The van der Waals surface area contributed by atoms with E-state index in [4.69, 9.17) is 4.74 Å². The van der Waals surface area contributed by atoms with Crippen molar-refractivity contribution in [1.29, 1.82) is 0 Å². The number of nitrogens with one attached hydrogen (secondary N) is 1. The summed E-state index contributed by atoms with van der Waals surface area (Å²) in [5, 5.41) is 12.0. The fraction of sp³-hybridized carbons (Fsp3) is 0.474. The van der Waals surface area contributed by atoms with Gasteiger partial charge < -0.3 is 14.6 Å². The van der Waals surface area contributed by atoms with Gasteiger partial charge in [0.05, 0.1) is 12.9 Å². The van der Waals surface area contributed by atoms with Crippen LogP contribution in [-0.2, 0) is 33.7 Å². The number of fused-ring (bicyclic) bond motifs is 1. The van der Waals surface area contributed by atoms with Gasteiger partial charge in [-0.05, 0) is 18.4 Å². The van der Waals surface area contributed by atoms with Crippen LogP contribution < -0.4 is 5.32 Å². The number of hydrogen-bond donors (Lipinski definition) is 1. The molecule has 0 spiro atoms. The maximum Gasteiger partial charge on any atom is 0.328 e. The molecule has 1 aromatic carbocycles. The average Bonchev–Trinajstić information content (AvgIpc) is 2.92. The molecule has 27 heavy (non-hydrogen) atoms. The first kappa shape index (κ1) is 19.4. The van der Waals surface area contributed by atoms with Crippen LogP contribution in [0.4, 0.5) is 0 Å². The number of hydrogen-bond acceptors (Lipinski definition) is 6. The van der Waals surface area contributed by atoms with E-state index in [-0.39, 0.29) is 11.7 Å². The zero-order valence-corrected chi connectivity index (χ0v) is 16.2. The van der Waals surface area contributed by atoms with Crippen LogP contribution in [0.25, 0.3) is 0 Å². The normalized spacial score (nSPS) is 14.7. The maximum atomic E-state index is 12.4. The van der Waals surface area contributed by atoms with Gasteiger partial charge in [-0.25, -0.2) is 4.79 Å². The Morgan fingerprint density at radius 3 is 2.81 bits per heavy atom. The minimum absolute atomic E-state index is 0.181. The fourth-order valence-corrected chi connectivity index (χ4v) is 3.91. The molecule has 0 fully saturated rings. The highest BCUT2D eigenvalue weighted by atomic mass is 32.2. The summed E-state index contributed by atoms with van der Waals surface area (Å²) in [7, 11) is 1.33. The molecule has 0 saturated carbocycles. The summed E-state index contributed by atoms with van der Waals surface area (Å²) in [6.45, 7) is 0.894. The summed E-state index contributed by atoms with van der Waals surface area (Å²) in [6.07, 6.45) is 4.75. The Labute approximate surface area is 162 Å². The number of aromatic nitrogens is 3. The van der Waals surface area contributed by atoms with Crippen molar-refractivity contribution in [2.24, 2.45) is 0 Å². The highest BCUT2D eigenvalue weighted by Crippen LogP contribution is 2.21. The highest BCUT2D eigenvalue weighted by molar-refractivity contribution is 7.99. The first-order chi connectivity index (χ1) is 13.2. The summed E-state index contributed by atoms with van der Waals surface area (Å²) in [5.74, 6) is 0.498. The van der Waals surface area contributed by atoms with E-state index in [0.717, 1.165) is 42.4 Å². The van der Waals surface area contributed by atoms with Crippen LogP contribution >= 0.6 is 11.8 Å². The van der Waals surface area contributed by atoms with E-state index in [9.17, 15) is 9.59 Å². The van der Waals surface area contributed by atoms with Crippen molar-refractivity contribution >= 4 is 23.6 Å². The Kier molecular flexibility index (Phi) is 6.86. The van der Waals surface area contributed by atoms with Gasteiger partial charge in [-0.1, -0.05) is 48.5 Å². The molecule has 1 N–H and O–H groups in total. The van der Waals surface area contributed by atoms with E-state index in [1.54, 1.807) is 0 Å². The summed E-state index contributed by atoms with van der Waals surface area (Å²) < 4.78 is 6.94. The third-order valence-electron chi connectivity index (χ3n) is 4.51. The molecule has 1 atom stereocenters. The van der Waals surface area contributed by atoms with Crippen molar-refractivity contribution < 1.29 is 14.3 Å². The second kappa shape index (κ2) is 9.55. The van der Waals surface area contributed by atoms with Gasteiger partial charge >= 0.3 is 5.97 Å². The van der Waals surface area contributed by atoms with Gasteiger partial charge in [0.15, 0.2) is 5.16 Å². The van der Waals surface area contributed by atoms with Crippen LogP contribution in [0.5, 0.6) is 0 Å². The van der Waals surface area contributed by atoms with E-state index in [0.29, 0.717) is 6.42 Å². The summed E-state index contributed by atoms with van der Waals surface area (Å²) >= 11 is 1.35. The van der Waals surface area contributed by atoms with Crippen LogP contribution in [-0.4, -0.2) is 45.5 Å². The first-order valence-corrected chi connectivity index (χ1v) is 10.1. The molecule has 3 rings (SSSR count). The number of methoxy groups -OCH3 is 1. The van der Waals surface area contributed by atoms with Crippen molar-refractivity contribution in [1.82, 2.24) is 20.1 Å². The average molecular weight is 388 g/mol. The van der Waals surface area contributed by atoms with Crippen LogP contribution in [0.3, 0.4) is 0 Å². The molecule has 7 nitrogen and oxygen atoms in total. The molecule has 2 aromatic rings. The van der Waals surface area contributed by atoms with Gasteiger partial charge in [0.25, 0.3) is 0 Å². The molecule has 8 heteroatoms. The number of benzene rings is 1. The van der Waals surface area contributed by atoms with Crippen molar-refractivity contribution in [3.63, 3.8) is 0 Å². The zero-order chi connectivity index (χ0) is 19.1. The molecule has 1 aromatic heterocycles. The molecule has 0 unspecified atom stereocenters. The van der Waals surface area contributed by atoms with E-state index < -0.39 is 12.0 Å². The Bertz CT molecular complexity index is 779. The number of thioether (sulfide) groups is 1. The third-order valence-corrected chi connectivity index (χ3v) is 5.48. The number of ether oxygens (including phenoxy) is 1. The number of rotatable bonds is 7. The number of carbonyl (C=O) groups is 2. The number of carbonyl (C=O) groups excluding carboxylic acids is 2. The SMILES string of the molecule is COC(=O)[C@H](Cc1ccccc1)NC(=O)CSc1nnc2n1CCCCC2. The Morgan fingerprint density at radius 1 is 1.22 bits per heavy atom. The minimum Gasteiger partial charge on any atom is -0.467 e. The van der Waals surface area contributed by atoms with Crippen molar-refractivity contribution in [3.05, 3.63) is 41.7 Å². The number of esters is 1. The van der Waals surface area contributed by atoms with Crippen LogP contribution in [0.15, 0.2) is 35.5 Å². The number of amides is 1. The molecular weight excluding hydrogens is 364 g/mol. The molecule has 0 saturated heterocycles. The van der Waals surface area contributed by atoms with Gasteiger partial charge in [0, 0.05) is 19.4 Å². The van der Waals surface area contributed by atoms with Crippen LogP contribution in [0.1, 0.15) is 30.7 Å². The Morgan fingerprint density at radius 2 is 2.04 bits per heavy atom. The molecule has 0 radical (unpaired) electrons. The second-order valence-corrected chi connectivity index (χ2v) is 7.43. The van der Waals surface area contributed by atoms with Crippen molar-refractivity contribution in [2.75, 3.05) is 12.9 Å². The summed E-state index contributed by atoms with van der Waals surface area (Å²) in [4.78, 5) is 24.4. The summed E-state index contributed by atoms with van der Waals surface area (Å²) in [6, 6.07) is 8.84.